The van der Waals surface area contributed by atoms with E-state index in [0.29, 0.717) is 30.0 Å². The fraction of sp³-hybridized carbons (Fsp3) is 0.462. The van der Waals surface area contributed by atoms with Crippen LogP contribution in [0.25, 0.3) is 0 Å². The Bertz CT molecular complexity index is 417. The van der Waals surface area contributed by atoms with Gasteiger partial charge in [-0.1, -0.05) is 0 Å². The number of nitrogens with one attached hydrogen (secondary N) is 1. The van der Waals surface area contributed by atoms with Gasteiger partial charge in [-0.3, -0.25) is 4.79 Å². The van der Waals surface area contributed by atoms with Crippen molar-refractivity contribution >= 4 is 11.6 Å². The fourth-order valence-corrected chi connectivity index (χ4v) is 1.68. The Labute approximate surface area is 112 Å². The molecule has 0 radical (unpaired) electrons. The molecule has 4 N–H and O–H groups in total. The van der Waals surface area contributed by atoms with Gasteiger partial charge in [-0.15, -0.1) is 0 Å². The molecule has 1 amide bonds. The molecule has 19 heavy (non-hydrogen) atoms. The number of nitrogens with two attached hydrogens (primary N) is 1. The number of benzene rings is 1. The number of rotatable bonds is 7. The molecule has 6 nitrogen and oxygen atoms in total. The van der Waals surface area contributed by atoms with Crippen molar-refractivity contribution in [1.29, 1.82) is 0 Å². The molecule has 0 aliphatic rings. The maximum Gasteiger partial charge on any atom is 0.251 e. The van der Waals surface area contributed by atoms with Gasteiger partial charge in [-0.05, 0) is 24.6 Å². The molecule has 0 fully saturated rings. The number of anilines is 1. The summed E-state index contributed by atoms with van der Waals surface area (Å²) in [5, 5.41) is 11.7. The number of aliphatic hydroxyl groups is 1. The van der Waals surface area contributed by atoms with E-state index in [4.69, 9.17) is 20.3 Å². The first-order valence-corrected chi connectivity index (χ1v) is 5.96. The van der Waals surface area contributed by atoms with Crippen LogP contribution in [0.5, 0.6) is 5.75 Å². The van der Waals surface area contributed by atoms with Crippen LogP contribution in [0, 0.1) is 0 Å². The lowest BCUT2D eigenvalue weighted by atomic mass is 10.1. The van der Waals surface area contributed by atoms with Crippen molar-refractivity contribution in [1.82, 2.24) is 5.32 Å². The number of nitrogen functional groups attached to an aromatic ring is 1. The van der Waals surface area contributed by atoms with Crippen molar-refractivity contribution in [3.63, 3.8) is 0 Å². The van der Waals surface area contributed by atoms with Gasteiger partial charge in [0.25, 0.3) is 5.91 Å². The van der Waals surface area contributed by atoms with E-state index in [1.54, 1.807) is 25.3 Å². The van der Waals surface area contributed by atoms with E-state index in [0.717, 1.165) is 0 Å². The molecule has 0 saturated carbocycles. The Kier molecular flexibility index (Phi) is 6.11. The van der Waals surface area contributed by atoms with Crippen LogP contribution in [-0.2, 0) is 4.74 Å². The minimum atomic E-state index is -0.256. The Morgan fingerprint density at radius 2 is 2.21 bits per heavy atom. The maximum absolute atomic E-state index is 12.0. The topological polar surface area (TPSA) is 93.8 Å². The molecule has 0 aromatic heterocycles. The number of hydrogen-bond acceptors (Lipinski definition) is 5. The second-order valence-corrected chi connectivity index (χ2v) is 4.09. The molecule has 0 heterocycles. The van der Waals surface area contributed by atoms with Crippen molar-refractivity contribution in [2.75, 3.05) is 33.2 Å². The zero-order valence-corrected chi connectivity index (χ0v) is 11.2. The van der Waals surface area contributed by atoms with E-state index >= 15 is 0 Å². The predicted octanol–water partition coefficient (Wildman–Crippen LogP) is 0.405. The van der Waals surface area contributed by atoms with Gasteiger partial charge < -0.3 is 25.6 Å². The average molecular weight is 268 g/mol. The quantitative estimate of drug-likeness (QED) is 0.622. The van der Waals surface area contributed by atoms with Crippen molar-refractivity contribution < 1.29 is 19.4 Å². The highest BCUT2D eigenvalue weighted by molar-refractivity contribution is 5.95. The van der Waals surface area contributed by atoms with E-state index < -0.39 is 0 Å². The molecule has 106 valence electrons. The lowest BCUT2D eigenvalue weighted by Gasteiger charge is -2.17. The molecule has 0 saturated heterocycles. The highest BCUT2D eigenvalue weighted by Gasteiger charge is 2.14. The number of amides is 1. The molecule has 0 bridgehead atoms. The molecule has 1 aromatic carbocycles. The Balaban J connectivity index is 2.76. The van der Waals surface area contributed by atoms with Gasteiger partial charge in [0, 0.05) is 19.3 Å². The zero-order chi connectivity index (χ0) is 14.3. The first-order chi connectivity index (χ1) is 9.12. The molecule has 6 heteroatoms. The SMILES string of the molecule is COCC(CCO)NC(=O)c1ccc(N)c(OC)c1. The third-order valence-corrected chi connectivity index (χ3v) is 2.68. The molecule has 1 atom stereocenters. The summed E-state index contributed by atoms with van der Waals surface area (Å²) in [4.78, 5) is 12.0. The van der Waals surface area contributed by atoms with Crippen LogP contribution >= 0.6 is 0 Å². The fourth-order valence-electron chi connectivity index (χ4n) is 1.68. The summed E-state index contributed by atoms with van der Waals surface area (Å²) in [5.41, 5.74) is 6.61. The largest absolute Gasteiger partial charge is 0.495 e. The van der Waals surface area contributed by atoms with E-state index in [-0.39, 0.29) is 18.6 Å². The molecule has 0 spiro atoms. The molecular weight excluding hydrogens is 248 g/mol. The predicted molar refractivity (Wildman–Crippen MR) is 72.2 cm³/mol. The highest BCUT2D eigenvalue weighted by Crippen LogP contribution is 2.22. The third-order valence-electron chi connectivity index (χ3n) is 2.68. The van der Waals surface area contributed by atoms with Crippen LogP contribution in [-0.4, -0.2) is 44.5 Å². The van der Waals surface area contributed by atoms with Gasteiger partial charge in [0.15, 0.2) is 0 Å². The van der Waals surface area contributed by atoms with Crippen LogP contribution in [0.3, 0.4) is 0 Å². The van der Waals surface area contributed by atoms with Gasteiger partial charge in [-0.25, -0.2) is 0 Å². The Morgan fingerprint density at radius 1 is 1.47 bits per heavy atom. The van der Waals surface area contributed by atoms with Crippen molar-refractivity contribution in [2.24, 2.45) is 0 Å². The average Bonchev–Trinajstić information content (AvgIpc) is 2.39. The lowest BCUT2D eigenvalue weighted by molar-refractivity contribution is 0.0878. The smallest absolute Gasteiger partial charge is 0.251 e. The number of carbonyl (C=O) groups is 1. The molecule has 1 aromatic rings. The monoisotopic (exact) mass is 268 g/mol. The van der Waals surface area contributed by atoms with Gasteiger partial charge in [-0.2, -0.15) is 0 Å². The first kappa shape index (κ1) is 15.3. The van der Waals surface area contributed by atoms with Gasteiger partial charge >= 0.3 is 0 Å². The van der Waals surface area contributed by atoms with Crippen molar-refractivity contribution in [2.45, 2.75) is 12.5 Å². The van der Waals surface area contributed by atoms with E-state index in [1.165, 1.54) is 7.11 Å². The summed E-state index contributed by atoms with van der Waals surface area (Å²) in [6, 6.07) is 4.58. The summed E-state index contributed by atoms with van der Waals surface area (Å²) in [6.07, 6.45) is 0.436. The minimum absolute atomic E-state index is 0.0145. The lowest BCUT2D eigenvalue weighted by Crippen LogP contribution is -2.38. The molecule has 1 rings (SSSR count). The normalized spacial score (nSPS) is 11.9. The van der Waals surface area contributed by atoms with E-state index in [1.807, 2.05) is 0 Å². The summed E-state index contributed by atoms with van der Waals surface area (Å²) in [6.45, 7) is 0.331. The second-order valence-electron chi connectivity index (χ2n) is 4.09. The summed E-state index contributed by atoms with van der Waals surface area (Å²) in [5.74, 6) is 0.201. The minimum Gasteiger partial charge on any atom is -0.495 e. The van der Waals surface area contributed by atoms with Gasteiger partial charge in [0.2, 0.25) is 0 Å². The van der Waals surface area contributed by atoms with Crippen LogP contribution in [0.4, 0.5) is 5.69 Å². The molecule has 0 aliphatic heterocycles. The standard InChI is InChI=1S/C13H20N2O4/c1-18-8-10(5-6-16)15-13(17)9-3-4-11(14)12(7-9)19-2/h3-4,7,10,16H,5-6,8,14H2,1-2H3,(H,15,17). The third kappa shape index (κ3) is 4.42. The number of aliphatic hydroxyl groups excluding tert-OH is 1. The summed E-state index contributed by atoms with van der Waals surface area (Å²) >= 11 is 0. The van der Waals surface area contributed by atoms with Crippen LogP contribution in [0.2, 0.25) is 0 Å². The van der Waals surface area contributed by atoms with Crippen LogP contribution < -0.4 is 15.8 Å². The van der Waals surface area contributed by atoms with Gasteiger partial charge in [0.1, 0.15) is 5.75 Å². The van der Waals surface area contributed by atoms with Crippen molar-refractivity contribution in [3.8, 4) is 5.75 Å². The second kappa shape index (κ2) is 7.60. The maximum atomic E-state index is 12.0. The number of hydrogen-bond donors (Lipinski definition) is 3. The summed E-state index contributed by atoms with van der Waals surface area (Å²) < 4.78 is 10.1. The van der Waals surface area contributed by atoms with E-state index in [9.17, 15) is 4.79 Å². The van der Waals surface area contributed by atoms with Crippen LogP contribution in [0.1, 0.15) is 16.8 Å². The number of carbonyl (C=O) groups excluding carboxylic acids is 1. The highest BCUT2D eigenvalue weighted by atomic mass is 16.5. The number of ether oxygens (including phenoxy) is 2. The zero-order valence-electron chi connectivity index (χ0n) is 11.2. The first-order valence-electron chi connectivity index (χ1n) is 5.96. The van der Waals surface area contributed by atoms with Crippen LogP contribution in [0.15, 0.2) is 18.2 Å². The van der Waals surface area contributed by atoms with Gasteiger partial charge in [0.05, 0.1) is 25.4 Å². The Hall–Kier alpha value is -1.79. The number of methoxy groups -OCH3 is 2. The molecular formula is C13H20N2O4. The molecule has 0 aliphatic carbocycles. The molecule has 1 unspecified atom stereocenters. The van der Waals surface area contributed by atoms with Crippen molar-refractivity contribution in [3.05, 3.63) is 23.8 Å². The summed E-state index contributed by atoms with van der Waals surface area (Å²) in [7, 11) is 3.04. The van der Waals surface area contributed by atoms with E-state index in [2.05, 4.69) is 5.32 Å². The Morgan fingerprint density at radius 3 is 2.79 bits per heavy atom.